The molecule has 1 atom stereocenters. The molecule has 3 N–H and O–H groups in total. The lowest BCUT2D eigenvalue weighted by Gasteiger charge is -2.22. The third kappa shape index (κ3) is 3.32. The Kier molecular flexibility index (Phi) is 3.77. The van der Waals surface area contributed by atoms with Gasteiger partial charge in [-0.3, -0.25) is 9.59 Å². The largest absolute Gasteiger partial charge is 0.467 e. The van der Waals surface area contributed by atoms with Crippen LogP contribution in [0.2, 0.25) is 0 Å². The normalized spacial score (nSPS) is 19.8. The van der Waals surface area contributed by atoms with Crippen LogP contribution in [0.5, 0.6) is 0 Å². The Bertz CT molecular complexity index is 389. The Morgan fingerprint density at radius 2 is 2.41 bits per heavy atom. The highest BCUT2D eigenvalue weighted by Crippen LogP contribution is 2.00. The van der Waals surface area contributed by atoms with Crippen molar-refractivity contribution in [1.82, 2.24) is 16.0 Å². The van der Waals surface area contributed by atoms with Crippen LogP contribution < -0.4 is 16.0 Å². The smallest absolute Gasteiger partial charge is 0.237 e. The van der Waals surface area contributed by atoms with E-state index in [0.717, 1.165) is 0 Å². The van der Waals surface area contributed by atoms with Crippen molar-refractivity contribution in [1.29, 1.82) is 0 Å². The van der Waals surface area contributed by atoms with E-state index >= 15 is 0 Å². The van der Waals surface area contributed by atoms with Crippen LogP contribution in [0, 0.1) is 0 Å². The molecule has 92 valence electrons. The number of carbonyl (C=O) groups excluding carboxylic acids is 2. The minimum Gasteiger partial charge on any atom is -0.467 e. The minimum atomic E-state index is -0.430. The van der Waals surface area contributed by atoms with Gasteiger partial charge in [0.1, 0.15) is 5.76 Å². The fourth-order valence-corrected chi connectivity index (χ4v) is 1.67. The van der Waals surface area contributed by atoms with Gasteiger partial charge >= 0.3 is 0 Å². The zero-order valence-electron chi connectivity index (χ0n) is 9.36. The molecule has 1 fully saturated rings. The fourth-order valence-electron chi connectivity index (χ4n) is 1.67. The quantitative estimate of drug-likeness (QED) is 0.651. The third-order valence-electron chi connectivity index (χ3n) is 2.56. The third-order valence-corrected chi connectivity index (χ3v) is 2.56. The Labute approximate surface area is 98.7 Å². The van der Waals surface area contributed by atoms with Gasteiger partial charge in [0, 0.05) is 13.1 Å². The van der Waals surface area contributed by atoms with Gasteiger partial charge in [0.15, 0.2) is 0 Å². The number of rotatable bonds is 4. The van der Waals surface area contributed by atoms with Gasteiger partial charge in [-0.25, -0.2) is 0 Å². The number of hydrogen-bond donors (Lipinski definition) is 3. The summed E-state index contributed by atoms with van der Waals surface area (Å²) in [5.41, 5.74) is 0. The van der Waals surface area contributed by atoms with E-state index in [0.29, 0.717) is 25.4 Å². The van der Waals surface area contributed by atoms with Crippen molar-refractivity contribution in [2.24, 2.45) is 0 Å². The van der Waals surface area contributed by atoms with Crippen LogP contribution in [0.25, 0.3) is 0 Å². The van der Waals surface area contributed by atoms with Crippen molar-refractivity contribution in [3.8, 4) is 0 Å². The molecule has 1 aliphatic heterocycles. The molecule has 1 saturated heterocycles. The van der Waals surface area contributed by atoms with Gasteiger partial charge in [-0.1, -0.05) is 0 Å². The molecule has 0 saturated carbocycles. The van der Waals surface area contributed by atoms with Crippen LogP contribution in [-0.2, 0) is 16.1 Å². The van der Waals surface area contributed by atoms with Crippen LogP contribution in [0.15, 0.2) is 22.8 Å². The van der Waals surface area contributed by atoms with Crippen molar-refractivity contribution >= 4 is 11.8 Å². The van der Waals surface area contributed by atoms with E-state index in [9.17, 15) is 9.59 Å². The van der Waals surface area contributed by atoms with E-state index in [1.54, 1.807) is 18.4 Å². The number of carbonyl (C=O) groups is 2. The summed E-state index contributed by atoms with van der Waals surface area (Å²) in [5, 5.41) is 8.40. The first-order valence-corrected chi connectivity index (χ1v) is 5.56. The molecule has 2 rings (SSSR count). The predicted molar refractivity (Wildman–Crippen MR) is 60.0 cm³/mol. The molecular formula is C11H15N3O3. The average Bonchev–Trinajstić information content (AvgIpc) is 2.82. The molecular weight excluding hydrogens is 222 g/mol. The summed E-state index contributed by atoms with van der Waals surface area (Å²) in [5.74, 6) is 0.403. The van der Waals surface area contributed by atoms with Crippen LogP contribution in [0.1, 0.15) is 12.2 Å². The van der Waals surface area contributed by atoms with Crippen molar-refractivity contribution in [2.45, 2.75) is 19.0 Å². The lowest BCUT2D eigenvalue weighted by atomic mass is 10.1. The second kappa shape index (κ2) is 5.49. The van der Waals surface area contributed by atoms with Crippen molar-refractivity contribution in [3.05, 3.63) is 24.2 Å². The van der Waals surface area contributed by atoms with Crippen molar-refractivity contribution in [3.63, 3.8) is 0 Å². The van der Waals surface area contributed by atoms with E-state index in [4.69, 9.17) is 4.42 Å². The highest BCUT2D eigenvalue weighted by molar-refractivity contribution is 5.88. The Morgan fingerprint density at radius 1 is 1.53 bits per heavy atom. The first kappa shape index (κ1) is 11.7. The molecule has 17 heavy (non-hydrogen) atoms. The Hall–Kier alpha value is -1.82. The molecule has 0 bridgehead atoms. The van der Waals surface area contributed by atoms with Crippen LogP contribution >= 0.6 is 0 Å². The number of nitrogens with one attached hydrogen (secondary N) is 3. The van der Waals surface area contributed by atoms with Gasteiger partial charge in [-0.15, -0.1) is 0 Å². The van der Waals surface area contributed by atoms with E-state index < -0.39 is 6.04 Å². The second-order valence-corrected chi connectivity index (χ2v) is 3.86. The van der Waals surface area contributed by atoms with Crippen LogP contribution in [-0.4, -0.2) is 30.9 Å². The molecule has 1 unspecified atom stereocenters. The maximum absolute atomic E-state index is 11.6. The zero-order valence-corrected chi connectivity index (χ0v) is 9.36. The number of furan rings is 1. The molecule has 0 radical (unpaired) electrons. The standard InChI is InChI=1S/C11H15N3O3/c15-10(14-7-8-2-1-5-17-8)6-9-11(16)13-4-3-12-9/h1-2,5,9,12H,3-4,6-7H2,(H,13,16)(H,14,15). The monoisotopic (exact) mass is 237 g/mol. The molecule has 0 aliphatic carbocycles. The van der Waals surface area contributed by atoms with Crippen LogP contribution in [0.3, 0.4) is 0 Å². The van der Waals surface area contributed by atoms with E-state index in [1.165, 1.54) is 0 Å². The van der Waals surface area contributed by atoms with Gasteiger partial charge in [-0.2, -0.15) is 0 Å². The summed E-state index contributed by atoms with van der Waals surface area (Å²) >= 11 is 0. The number of piperazine rings is 1. The van der Waals surface area contributed by atoms with E-state index in [2.05, 4.69) is 16.0 Å². The summed E-state index contributed by atoms with van der Waals surface area (Å²) < 4.78 is 5.09. The van der Waals surface area contributed by atoms with Gasteiger partial charge in [0.2, 0.25) is 11.8 Å². The topological polar surface area (TPSA) is 83.4 Å². The molecule has 1 aliphatic rings. The summed E-state index contributed by atoms with van der Waals surface area (Å²) in [6.07, 6.45) is 1.70. The molecule has 6 heteroatoms. The molecule has 6 nitrogen and oxygen atoms in total. The van der Waals surface area contributed by atoms with Gasteiger partial charge in [-0.05, 0) is 12.1 Å². The lowest BCUT2D eigenvalue weighted by Crippen LogP contribution is -2.54. The maximum Gasteiger partial charge on any atom is 0.237 e. The van der Waals surface area contributed by atoms with Gasteiger partial charge in [0.05, 0.1) is 25.3 Å². The average molecular weight is 237 g/mol. The minimum absolute atomic E-state index is 0.121. The predicted octanol–water partition coefficient (Wildman–Crippen LogP) is -0.626. The fraction of sp³-hybridized carbons (Fsp3) is 0.455. The molecule has 2 heterocycles. The molecule has 2 amide bonds. The Balaban J connectivity index is 1.75. The van der Waals surface area contributed by atoms with Crippen molar-refractivity contribution in [2.75, 3.05) is 13.1 Å². The molecule has 0 aromatic carbocycles. The molecule has 1 aromatic rings. The summed E-state index contributed by atoms with van der Waals surface area (Å²) in [6.45, 7) is 1.66. The van der Waals surface area contributed by atoms with Gasteiger partial charge in [0.25, 0.3) is 0 Å². The number of amides is 2. The SMILES string of the molecule is O=C(CC1NCCNC1=O)NCc1ccco1. The summed E-state index contributed by atoms with van der Waals surface area (Å²) in [7, 11) is 0. The number of hydrogen-bond acceptors (Lipinski definition) is 4. The second-order valence-electron chi connectivity index (χ2n) is 3.86. The van der Waals surface area contributed by atoms with Crippen LogP contribution in [0.4, 0.5) is 0 Å². The van der Waals surface area contributed by atoms with E-state index in [-0.39, 0.29) is 18.2 Å². The highest BCUT2D eigenvalue weighted by Gasteiger charge is 2.23. The molecule has 1 aromatic heterocycles. The lowest BCUT2D eigenvalue weighted by molar-refractivity contribution is -0.129. The van der Waals surface area contributed by atoms with Gasteiger partial charge < -0.3 is 20.4 Å². The van der Waals surface area contributed by atoms with Crippen molar-refractivity contribution < 1.29 is 14.0 Å². The van der Waals surface area contributed by atoms with E-state index in [1.807, 2.05) is 0 Å². The molecule has 0 spiro atoms. The maximum atomic E-state index is 11.6. The first-order chi connectivity index (χ1) is 8.25. The highest BCUT2D eigenvalue weighted by atomic mass is 16.3. The summed E-state index contributed by atoms with van der Waals surface area (Å²) in [4.78, 5) is 23.0. The first-order valence-electron chi connectivity index (χ1n) is 5.56. The Morgan fingerprint density at radius 3 is 3.12 bits per heavy atom. The zero-order chi connectivity index (χ0) is 12.1. The summed E-state index contributed by atoms with van der Waals surface area (Å²) in [6, 6.07) is 3.11.